The third-order valence-corrected chi connectivity index (χ3v) is 4.04. The quantitative estimate of drug-likeness (QED) is 0.785. The van der Waals surface area contributed by atoms with Crippen LogP contribution in [0.15, 0.2) is 53.4 Å². The number of rotatable bonds is 2. The van der Waals surface area contributed by atoms with E-state index in [1.165, 1.54) is 6.26 Å². The molecular formula is C16H18N2O2S. The summed E-state index contributed by atoms with van der Waals surface area (Å²) in [5, 5.41) is 0. The first-order valence-electron chi connectivity index (χ1n) is 6.79. The molecule has 0 radical (unpaired) electrons. The van der Waals surface area contributed by atoms with Gasteiger partial charge in [0.1, 0.15) is 5.82 Å². The number of sulfone groups is 1. The van der Waals surface area contributed by atoms with E-state index in [-0.39, 0.29) is 0 Å². The molecule has 0 aliphatic carbocycles. The van der Waals surface area contributed by atoms with Crippen LogP contribution in [0.25, 0.3) is 22.4 Å². The number of aromatic nitrogens is 2. The second-order valence-corrected chi connectivity index (χ2v) is 6.42. The Morgan fingerprint density at radius 3 is 2.29 bits per heavy atom. The van der Waals surface area contributed by atoms with Gasteiger partial charge in [-0.25, -0.2) is 13.4 Å². The Bertz CT molecular complexity index is 837. The first-order chi connectivity index (χ1) is 10.0. The maximum absolute atomic E-state index is 11.5. The van der Waals surface area contributed by atoms with Gasteiger partial charge in [0.25, 0.3) is 0 Å². The van der Waals surface area contributed by atoms with E-state index in [2.05, 4.69) is 9.97 Å². The first kappa shape index (κ1) is 15.3. The lowest BCUT2D eigenvalue weighted by Crippen LogP contribution is -1.96. The normalized spacial score (nSPS) is 11.0. The highest BCUT2D eigenvalue weighted by Gasteiger charge is 2.10. The zero-order valence-electron chi connectivity index (χ0n) is 12.3. The average molecular weight is 302 g/mol. The fraction of sp³-hybridized carbons (Fsp3) is 0.188. The number of H-pyrrole nitrogens is 1. The average Bonchev–Trinajstić information content (AvgIpc) is 2.92. The number of hydrogen-bond acceptors (Lipinski definition) is 3. The number of fused-ring (bicyclic) bond motifs is 1. The van der Waals surface area contributed by atoms with Gasteiger partial charge in [-0.05, 0) is 18.2 Å². The number of hydrogen-bond donors (Lipinski definition) is 1. The summed E-state index contributed by atoms with van der Waals surface area (Å²) >= 11 is 0. The molecule has 21 heavy (non-hydrogen) atoms. The zero-order chi connectivity index (χ0) is 15.5. The van der Waals surface area contributed by atoms with Gasteiger partial charge in [-0.3, -0.25) is 0 Å². The van der Waals surface area contributed by atoms with E-state index in [1.54, 1.807) is 18.2 Å². The maximum Gasteiger partial charge on any atom is 0.175 e. The molecule has 1 N–H and O–H groups in total. The highest BCUT2D eigenvalue weighted by atomic mass is 32.2. The summed E-state index contributed by atoms with van der Waals surface area (Å²) in [6, 6.07) is 14.6. The van der Waals surface area contributed by atoms with Crippen molar-refractivity contribution in [2.45, 2.75) is 18.7 Å². The summed E-state index contributed by atoms with van der Waals surface area (Å²) in [6.07, 6.45) is 1.20. The molecule has 0 saturated carbocycles. The Hall–Kier alpha value is -2.14. The second kappa shape index (κ2) is 6.10. The van der Waals surface area contributed by atoms with Gasteiger partial charge < -0.3 is 4.98 Å². The Morgan fingerprint density at radius 1 is 1.00 bits per heavy atom. The van der Waals surface area contributed by atoms with Crippen molar-refractivity contribution < 1.29 is 8.42 Å². The van der Waals surface area contributed by atoms with Gasteiger partial charge in [-0.2, -0.15) is 0 Å². The van der Waals surface area contributed by atoms with E-state index in [0.29, 0.717) is 4.90 Å². The molecule has 0 aliphatic heterocycles. The Morgan fingerprint density at radius 2 is 1.67 bits per heavy atom. The molecule has 0 spiro atoms. The van der Waals surface area contributed by atoms with Crippen LogP contribution in [0.5, 0.6) is 0 Å². The smallest absolute Gasteiger partial charge is 0.175 e. The minimum absolute atomic E-state index is 0.295. The minimum Gasteiger partial charge on any atom is -0.338 e. The van der Waals surface area contributed by atoms with Crippen molar-refractivity contribution in [2.75, 3.05) is 6.26 Å². The molecule has 0 atom stereocenters. The number of nitrogens with one attached hydrogen (secondary N) is 1. The van der Waals surface area contributed by atoms with Crippen molar-refractivity contribution in [3.63, 3.8) is 0 Å². The Balaban J connectivity index is 0.000000774. The molecule has 110 valence electrons. The minimum atomic E-state index is -3.20. The predicted molar refractivity (Wildman–Crippen MR) is 86.0 cm³/mol. The van der Waals surface area contributed by atoms with Gasteiger partial charge in [-0.1, -0.05) is 44.2 Å². The highest BCUT2D eigenvalue weighted by molar-refractivity contribution is 7.90. The molecule has 4 nitrogen and oxygen atoms in total. The zero-order valence-corrected chi connectivity index (χ0v) is 13.1. The monoisotopic (exact) mass is 302 g/mol. The van der Waals surface area contributed by atoms with Gasteiger partial charge in [0.2, 0.25) is 0 Å². The van der Waals surface area contributed by atoms with E-state index >= 15 is 0 Å². The van der Waals surface area contributed by atoms with Crippen molar-refractivity contribution >= 4 is 20.9 Å². The fourth-order valence-electron chi connectivity index (χ4n) is 1.95. The van der Waals surface area contributed by atoms with E-state index in [4.69, 9.17) is 0 Å². The van der Waals surface area contributed by atoms with Crippen LogP contribution >= 0.6 is 0 Å². The van der Waals surface area contributed by atoms with Crippen LogP contribution in [0.4, 0.5) is 0 Å². The van der Waals surface area contributed by atoms with E-state index < -0.39 is 9.84 Å². The lowest BCUT2D eigenvalue weighted by atomic mass is 10.2. The number of nitrogens with zero attached hydrogens (tertiary/aromatic N) is 1. The largest absolute Gasteiger partial charge is 0.338 e. The molecule has 1 heterocycles. The van der Waals surface area contributed by atoms with Crippen molar-refractivity contribution in [2.24, 2.45) is 0 Å². The van der Waals surface area contributed by atoms with Crippen LogP contribution in [0.3, 0.4) is 0 Å². The van der Waals surface area contributed by atoms with Gasteiger partial charge in [0.15, 0.2) is 9.84 Å². The molecule has 2 aromatic carbocycles. The lowest BCUT2D eigenvalue weighted by Gasteiger charge is -1.96. The summed E-state index contributed by atoms with van der Waals surface area (Å²) in [5.74, 6) is 0.737. The molecule has 0 amide bonds. The number of benzene rings is 2. The molecular weight excluding hydrogens is 284 g/mol. The van der Waals surface area contributed by atoms with Crippen molar-refractivity contribution in [3.8, 4) is 11.4 Å². The van der Waals surface area contributed by atoms with Crippen LogP contribution < -0.4 is 0 Å². The molecule has 0 saturated heterocycles. The highest BCUT2D eigenvalue weighted by Crippen LogP contribution is 2.22. The van der Waals surface area contributed by atoms with Crippen LogP contribution in [-0.4, -0.2) is 24.6 Å². The van der Waals surface area contributed by atoms with Crippen LogP contribution in [-0.2, 0) is 9.84 Å². The third kappa shape index (κ3) is 3.31. The number of aromatic amines is 1. The predicted octanol–water partition coefficient (Wildman–Crippen LogP) is 3.66. The second-order valence-electron chi connectivity index (χ2n) is 4.40. The molecule has 0 aliphatic rings. The summed E-state index contributed by atoms with van der Waals surface area (Å²) in [7, 11) is -3.20. The molecule has 0 unspecified atom stereocenters. The maximum atomic E-state index is 11.5. The van der Waals surface area contributed by atoms with Gasteiger partial charge in [-0.15, -0.1) is 0 Å². The van der Waals surface area contributed by atoms with Crippen molar-refractivity contribution in [1.82, 2.24) is 9.97 Å². The van der Waals surface area contributed by atoms with E-state index in [1.807, 2.05) is 44.2 Å². The van der Waals surface area contributed by atoms with Crippen LogP contribution in [0.1, 0.15) is 13.8 Å². The molecule has 5 heteroatoms. The van der Waals surface area contributed by atoms with Crippen LogP contribution in [0, 0.1) is 0 Å². The third-order valence-electron chi connectivity index (χ3n) is 2.93. The van der Waals surface area contributed by atoms with Gasteiger partial charge in [0, 0.05) is 11.8 Å². The summed E-state index contributed by atoms with van der Waals surface area (Å²) < 4.78 is 23.0. The Kier molecular flexibility index (Phi) is 4.43. The SMILES string of the molecule is CC.CS(=O)(=O)c1ccc2nc(-c3ccccc3)[nH]c2c1. The van der Waals surface area contributed by atoms with Crippen LogP contribution in [0.2, 0.25) is 0 Å². The van der Waals surface area contributed by atoms with E-state index in [0.717, 1.165) is 22.4 Å². The van der Waals surface area contributed by atoms with E-state index in [9.17, 15) is 8.42 Å². The van der Waals surface area contributed by atoms with Gasteiger partial charge in [0.05, 0.1) is 15.9 Å². The standard InChI is InChI=1S/C14H12N2O2S.C2H6/c1-19(17,18)11-7-8-12-13(9-11)16-14(15-12)10-5-3-2-4-6-10;1-2/h2-9H,1H3,(H,15,16);1-2H3. The summed E-state index contributed by atoms with van der Waals surface area (Å²) in [6.45, 7) is 4.00. The fourth-order valence-corrected chi connectivity index (χ4v) is 2.60. The lowest BCUT2D eigenvalue weighted by molar-refractivity contribution is 0.602. The van der Waals surface area contributed by atoms with Crippen molar-refractivity contribution in [1.29, 1.82) is 0 Å². The topological polar surface area (TPSA) is 62.8 Å². The summed E-state index contributed by atoms with van der Waals surface area (Å²) in [4.78, 5) is 7.90. The molecule has 1 aromatic heterocycles. The summed E-state index contributed by atoms with van der Waals surface area (Å²) in [5.41, 5.74) is 2.45. The molecule has 3 aromatic rings. The molecule has 0 fully saturated rings. The molecule has 0 bridgehead atoms. The number of imidazole rings is 1. The van der Waals surface area contributed by atoms with Crippen molar-refractivity contribution in [3.05, 3.63) is 48.5 Å². The molecule has 3 rings (SSSR count). The Labute approximate surface area is 124 Å². The first-order valence-corrected chi connectivity index (χ1v) is 8.68. The van der Waals surface area contributed by atoms with Gasteiger partial charge >= 0.3 is 0 Å².